The first-order valence-electron chi connectivity index (χ1n) is 3.48. The zero-order valence-corrected chi connectivity index (χ0v) is 8.04. The van der Waals surface area contributed by atoms with Crippen LogP contribution in [0.1, 0.15) is 0 Å². The summed E-state index contributed by atoms with van der Waals surface area (Å²) in [4.78, 5) is 13.9. The van der Waals surface area contributed by atoms with Crippen molar-refractivity contribution >= 4 is 38.6 Å². The molecule has 2 heterocycles. The van der Waals surface area contributed by atoms with E-state index in [0.29, 0.717) is 0 Å². The molecule has 0 aromatic heterocycles. The molecule has 8 heteroatoms. The van der Waals surface area contributed by atoms with E-state index in [9.17, 15) is 13.2 Å². The Kier molecular flexibility index (Phi) is 2.02. The van der Waals surface area contributed by atoms with E-state index in [1.807, 2.05) is 0 Å². The Morgan fingerprint density at radius 1 is 1.36 bits per heavy atom. The van der Waals surface area contributed by atoms with Gasteiger partial charge >= 0.3 is 6.18 Å². The minimum Gasteiger partial charge on any atom is -0.244 e. The lowest BCUT2D eigenvalue weighted by atomic mass is 10.3. The minimum absolute atomic E-state index is 0.0131. The zero-order valence-electron chi connectivity index (χ0n) is 6.46. The third-order valence-electron chi connectivity index (χ3n) is 1.57. The molecule has 0 bridgehead atoms. The summed E-state index contributed by atoms with van der Waals surface area (Å²) in [6.07, 6.45) is -3.40. The lowest BCUT2D eigenvalue weighted by molar-refractivity contribution is -0.0596. The molecule has 1 unspecified atom stereocenters. The Hall–Kier alpha value is -1.05. The maximum atomic E-state index is 12.2. The van der Waals surface area contributed by atoms with Crippen LogP contribution in [0.15, 0.2) is 20.0 Å². The lowest BCUT2D eigenvalue weighted by Gasteiger charge is -2.06. The Balaban J connectivity index is 2.38. The fourth-order valence-electron chi connectivity index (χ4n) is 0.988. The van der Waals surface area contributed by atoms with Gasteiger partial charge in [-0.1, -0.05) is 0 Å². The molecule has 0 fully saturated rings. The van der Waals surface area contributed by atoms with E-state index in [1.165, 1.54) is 0 Å². The predicted molar refractivity (Wildman–Crippen MR) is 49.6 cm³/mol. The van der Waals surface area contributed by atoms with Gasteiger partial charge in [0.05, 0.1) is 0 Å². The van der Waals surface area contributed by atoms with Crippen LogP contribution in [-0.2, 0) is 0 Å². The van der Waals surface area contributed by atoms with Gasteiger partial charge in [0.15, 0.2) is 11.9 Å². The number of rotatable bonds is 0. The summed E-state index contributed by atoms with van der Waals surface area (Å²) in [6, 6.07) is -0.836. The fourth-order valence-corrected chi connectivity index (χ4v) is 1.39. The van der Waals surface area contributed by atoms with Crippen LogP contribution < -0.4 is 0 Å². The van der Waals surface area contributed by atoms with Gasteiger partial charge in [0.2, 0.25) is 5.84 Å². The van der Waals surface area contributed by atoms with E-state index in [1.54, 1.807) is 0 Å². The summed E-state index contributed by atoms with van der Waals surface area (Å²) in [6.45, 7) is 0. The average Bonchev–Trinajstić information content (AvgIpc) is 2.48. The molecule has 2 aliphatic rings. The van der Waals surface area contributed by atoms with Crippen LogP contribution in [-0.4, -0.2) is 34.8 Å². The first-order chi connectivity index (χ1) is 6.48. The van der Waals surface area contributed by atoms with Crippen LogP contribution >= 0.6 is 15.9 Å². The summed E-state index contributed by atoms with van der Waals surface area (Å²) in [5.74, 6) is -1.15. The molecular formula is C6H2BrF3N4. The molecule has 0 spiro atoms. The highest BCUT2D eigenvalue weighted by Gasteiger charge is 2.42. The molecule has 0 saturated heterocycles. The predicted octanol–water partition coefficient (Wildman–Crippen LogP) is 1.56. The number of aliphatic imine (C=N–C) groups is 4. The maximum absolute atomic E-state index is 12.2. The smallest absolute Gasteiger partial charge is 0.244 e. The van der Waals surface area contributed by atoms with Gasteiger partial charge in [-0.15, -0.1) is 0 Å². The molecule has 0 aliphatic carbocycles. The summed E-state index contributed by atoms with van der Waals surface area (Å²) in [7, 11) is 0. The average molecular weight is 267 g/mol. The largest absolute Gasteiger partial charge is 0.451 e. The minimum atomic E-state index is -4.53. The lowest BCUT2D eigenvalue weighted by Crippen LogP contribution is -2.23. The van der Waals surface area contributed by atoms with Gasteiger partial charge < -0.3 is 0 Å². The molecule has 0 aromatic carbocycles. The van der Waals surface area contributed by atoms with Gasteiger partial charge in [0.25, 0.3) is 0 Å². The summed E-state index contributed by atoms with van der Waals surface area (Å²) < 4.78 is 36.8. The molecule has 2 aliphatic heterocycles. The van der Waals surface area contributed by atoms with E-state index >= 15 is 0 Å². The van der Waals surface area contributed by atoms with Crippen LogP contribution in [0, 0.1) is 0 Å². The molecule has 0 aromatic rings. The molecule has 2 rings (SSSR count). The topological polar surface area (TPSA) is 49.4 Å². The molecule has 1 atom stereocenters. The fraction of sp³-hybridized carbons (Fsp3) is 0.333. The highest BCUT2D eigenvalue weighted by atomic mass is 79.9. The molecular weight excluding hydrogens is 265 g/mol. The van der Waals surface area contributed by atoms with Crippen molar-refractivity contribution in [1.29, 1.82) is 0 Å². The van der Waals surface area contributed by atoms with Gasteiger partial charge in [0.1, 0.15) is 11.0 Å². The third kappa shape index (κ3) is 1.49. The monoisotopic (exact) mass is 266 g/mol. The summed E-state index contributed by atoms with van der Waals surface area (Å²) >= 11 is 2.99. The number of hydrogen-bond acceptors (Lipinski definition) is 4. The molecule has 0 radical (unpaired) electrons. The SMILES string of the molecule is FC(F)(F)C1=NC2C(Br)=NC=NC2=N1. The molecule has 0 N–H and O–H groups in total. The molecule has 0 amide bonds. The summed E-state index contributed by atoms with van der Waals surface area (Å²) in [5, 5.41) is 0. The van der Waals surface area contributed by atoms with E-state index in [2.05, 4.69) is 35.9 Å². The Labute approximate surface area is 84.5 Å². The highest BCUT2D eigenvalue weighted by Crippen LogP contribution is 2.25. The van der Waals surface area contributed by atoms with Gasteiger partial charge in [-0.25, -0.2) is 20.0 Å². The Morgan fingerprint density at radius 2 is 2.07 bits per heavy atom. The van der Waals surface area contributed by atoms with Crippen molar-refractivity contribution < 1.29 is 13.2 Å². The van der Waals surface area contributed by atoms with Crippen molar-refractivity contribution in [3.63, 3.8) is 0 Å². The van der Waals surface area contributed by atoms with E-state index < -0.39 is 18.1 Å². The Morgan fingerprint density at radius 3 is 2.64 bits per heavy atom. The van der Waals surface area contributed by atoms with Gasteiger partial charge in [-0.2, -0.15) is 13.2 Å². The maximum Gasteiger partial charge on any atom is 0.451 e. The van der Waals surface area contributed by atoms with Crippen molar-refractivity contribution in [3.05, 3.63) is 0 Å². The summed E-state index contributed by atoms with van der Waals surface area (Å²) in [5.41, 5.74) is 0. The molecule has 74 valence electrons. The van der Waals surface area contributed by atoms with Crippen LogP contribution in [0.25, 0.3) is 0 Å². The molecule has 0 saturated carbocycles. The highest BCUT2D eigenvalue weighted by molar-refractivity contribution is 9.18. The van der Waals surface area contributed by atoms with Gasteiger partial charge in [-0.05, 0) is 15.9 Å². The molecule has 14 heavy (non-hydrogen) atoms. The van der Waals surface area contributed by atoms with Crippen molar-refractivity contribution in [2.75, 3.05) is 0 Å². The first kappa shape index (κ1) is 9.50. The number of fused-ring (bicyclic) bond motifs is 1. The Bertz CT molecular complexity index is 392. The standard InChI is InChI=1S/C6H2BrF3N4/c7-3-2-4(12-1-11-3)14-5(13-2)6(8,9)10/h1-2H. The van der Waals surface area contributed by atoms with Crippen molar-refractivity contribution in [2.24, 2.45) is 20.0 Å². The van der Waals surface area contributed by atoms with Crippen molar-refractivity contribution in [2.45, 2.75) is 12.2 Å². The number of nitrogens with zero attached hydrogens (tertiary/aromatic N) is 4. The van der Waals surface area contributed by atoms with Gasteiger partial charge in [-0.3, -0.25) is 0 Å². The second kappa shape index (κ2) is 2.97. The number of alkyl halides is 3. The second-order valence-electron chi connectivity index (χ2n) is 2.52. The van der Waals surface area contributed by atoms with Crippen LogP contribution in [0.4, 0.5) is 13.2 Å². The van der Waals surface area contributed by atoms with Crippen LogP contribution in [0.5, 0.6) is 0 Å². The van der Waals surface area contributed by atoms with Crippen molar-refractivity contribution in [3.8, 4) is 0 Å². The quantitative estimate of drug-likeness (QED) is 0.639. The number of amidine groups is 2. The third-order valence-corrected chi connectivity index (χ3v) is 2.21. The number of hydrogen-bond donors (Lipinski definition) is 0. The van der Waals surface area contributed by atoms with E-state index in [0.717, 1.165) is 6.34 Å². The van der Waals surface area contributed by atoms with Crippen LogP contribution in [0.3, 0.4) is 0 Å². The molecule has 4 nitrogen and oxygen atoms in total. The zero-order chi connectivity index (χ0) is 10.3. The first-order valence-corrected chi connectivity index (χ1v) is 4.27. The normalized spacial score (nSPS) is 25.4. The second-order valence-corrected chi connectivity index (χ2v) is 3.33. The van der Waals surface area contributed by atoms with Crippen molar-refractivity contribution in [1.82, 2.24) is 0 Å². The van der Waals surface area contributed by atoms with Gasteiger partial charge in [0, 0.05) is 0 Å². The van der Waals surface area contributed by atoms with Crippen LogP contribution in [0.2, 0.25) is 0 Å². The van der Waals surface area contributed by atoms with E-state index in [-0.39, 0.29) is 10.5 Å². The van der Waals surface area contributed by atoms with E-state index in [4.69, 9.17) is 0 Å². The number of halogens is 4.